The summed E-state index contributed by atoms with van der Waals surface area (Å²) in [7, 11) is -0.986. The van der Waals surface area contributed by atoms with Crippen LogP contribution in [0.5, 0.6) is 0 Å². The number of rotatable bonds is 4. The van der Waals surface area contributed by atoms with Crippen LogP contribution in [-0.4, -0.2) is 78.0 Å². The average molecular weight is 377 g/mol. The van der Waals surface area contributed by atoms with E-state index in [0.717, 1.165) is 5.57 Å². The van der Waals surface area contributed by atoms with Gasteiger partial charge in [-0.25, -0.2) is 0 Å². The lowest BCUT2D eigenvalue weighted by atomic mass is 9.75. The fourth-order valence-electron chi connectivity index (χ4n) is 4.07. The Kier molecular flexibility index (Phi) is 4.98. The quantitative estimate of drug-likeness (QED) is 0.444. The molecule has 0 saturated carbocycles. The fraction of sp³-hybridized carbons (Fsp3) is 0.647. The van der Waals surface area contributed by atoms with Gasteiger partial charge in [-0.1, -0.05) is 12.2 Å². The fourth-order valence-corrected chi connectivity index (χ4v) is 4.07. The number of allylic oxidation sites excluding steroid dienone is 2. The van der Waals surface area contributed by atoms with Gasteiger partial charge in [0.25, 0.3) is 0 Å². The highest BCUT2D eigenvalue weighted by Crippen LogP contribution is 2.36. The highest BCUT2D eigenvalue weighted by atomic mass is 16.5. The van der Waals surface area contributed by atoms with Crippen molar-refractivity contribution in [2.24, 2.45) is 11.7 Å². The van der Waals surface area contributed by atoms with Gasteiger partial charge in [-0.15, -0.1) is 0 Å². The van der Waals surface area contributed by atoms with Gasteiger partial charge in [0.1, 0.15) is 5.92 Å². The number of amides is 1. The highest BCUT2D eigenvalue weighted by Gasteiger charge is 2.44. The molecule has 27 heavy (non-hydrogen) atoms. The number of nitrogens with zero attached hydrogens (tertiary/aromatic N) is 1. The Morgan fingerprint density at radius 1 is 1.41 bits per heavy atom. The van der Waals surface area contributed by atoms with Crippen molar-refractivity contribution in [3.8, 4) is 0 Å². The number of likely N-dealkylation sites (tertiary alicyclic amines) is 1. The van der Waals surface area contributed by atoms with E-state index in [4.69, 9.17) is 15.1 Å². The van der Waals surface area contributed by atoms with E-state index in [9.17, 15) is 19.7 Å². The molecule has 10 heteroatoms. The van der Waals surface area contributed by atoms with Crippen LogP contribution in [0.25, 0.3) is 0 Å². The maximum atomic E-state index is 12.4. The molecule has 5 N–H and O–H groups in total. The van der Waals surface area contributed by atoms with E-state index in [1.165, 1.54) is 0 Å². The normalized spacial score (nSPS) is 33.6. The third-order valence-electron chi connectivity index (χ3n) is 5.58. The van der Waals surface area contributed by atoms with Crippen LogP contribution < -0.4 is 11.1 Å². The summed E-state index contributed by atoms with van der Waals surface area (Å²) in [6, 6.07) is -0.239. The van der Waals surface area contributed by atoms with Crippen molar-refractivity contribution < 1.29 is 29.1 Å². The van der Waals surface area contributed by atoms with Gasteiger partial charge in [-0.05, 0) is 24.7 Å². The molecule has 0 aromatic rings. The molecular weight excluding hydrogens is 353 g/mol. The summed E-state index contributed by atoms with van der Waals surface area (Å²) in [5, 5.41) is 22.5. The SMILES string of the molecule is N[C@@H]1CN[C@H](C(=O)N2CC(OC3C=CC4=C(OB(O)CC4)C3C(=O)O)C2)C1. The summed E-state index contributed by atoms with van der Waals surface area (Å²) in [6.45, 7) is 1.50. The van der Waals surface area contributed by atoms with Crippen LogP contribution in [0.15, 0.2) is 23.5 Å². The van der Waals surface area contributed by atoms with Crippen LogP contribution in [0.2, 0.25) is 6.32 Å². The first-order valence-corrected chi connectivity index (χ1v) is 9.34. The average Bonchev–Trinajstić information content (AvgIpc) is 3.02. The number of aliphatic carboxylic acids is 1. The first-order valence-electron chi connectivity index (χ1n) is 9.34. The van der Waals surface area contributed by atoms with Crippen molar-refractivity contribution in [1.82, 2.24) is 10.2 Å². The highest BCUT2D eigenvalue weighted by molar-refractivity contribution is 6.43. The number of carbonyl (C=O) groups is 2. The largest absolute Gasteiger partial charge is 0.538 e. The van der Waals surface area contributed by atoms with Crippen LogP contribution in [-0.2, 0) is 19.0 Å². The van der Waals surface area contributed by atoms with E-state index in [1.54, 1.807) is 11.0 Å². The van der Waals surface area contributed by atoms with E-state index in [1.807, 2.05) is 6.08 Å². The lowest BCUT2D eigenvalue weighted by molar-refractivity contribution is -0.159. The number of nitrogens with two attached hydrogens (primary N) is 1. The van der Waals surface area contributed by atoms with Gasteiger partial charge >= 0.3 is 13.1 Å². The van der Waals surface area contributed by atoms with Crippen molar-refractivity contribution in [2.75, 3.05) is 19.6 Å². The summed E-state index contributed by atoms with van der Waals surface area (Å²) in [4.78, 5) is 25.9. The number of ether oxygens (including phenoxy) is 1. The van der Waals surface area contributed by atoms with Gasteiger partial charge in [-0.2, -0.15) is 0 Å². The number of hydrogen-bond acceptors (Lipinski definition) is 7. The van der Waals surface area contributed by atoms with Crippen molar-refractivity contribution in [3.63, 3.8) is 0 Å². The third-order valence-corrected chi connectivity index (χ3v) is 5.58. The maximum Gasteiger partial charge on any atom is 0.522 e. The zero-order chi connectivity index (χ0) is 19.1. The van der Waals surface area contributed by atoms with Gasteiger partial charge in [-0.3, -0.25) is 9.59 Å². The molecule has 0 radical (unpaired) electrons. The van der Waals surface area contributed by atoms with Crippen molar-refractivity contribution in [2.45, 2.75) is 43.5 Å². The first-order chi connectivity index (χ1) is 12.9. The predicted octanol–water partition coefficient (Wildman–Crippen LogP) is -1.30. The van der Waals surface area contributed by atoms with E-state index in [0.29, 0.717) is 38.8 Å². The maximum absolute atomic E-state index is 12.4. The molecule has 4 aliphatic rings. The zero-order valence-electron chi connectivity index (χ0n) is 14.9. The van der Waals surface area contributed by atoms with Gasteiger partial charge in [0.05, 0.1) is 24.0 Å². The summed E-state index contributed by atoms with van der Waals surface area (Å²) in [5.74, 6) is -1.74. The van der Waals surface area contributed by atoms with Gasteiger partial charge < -0.3 is 35.5 Å². The molecule has 3 heterocycles. The van der Waals surface area contributed by atoms with Crippen molar-refractivity contribution in [1.29, 1.82) is 0 Å². The lowest BCUT2D eigenvalue weighted by Gasteiger charge is -2.43. The van der Waals surface area contributed by atoms with Crippen LogP contribution in [0.3, 0.4) is 0 Å². The number of hydrogen-bond donors (Lipinski definition) is 4. The minimum Gasteiger partial charge on any atom is -0.538 e. The minimum atomic E-state index is -1.05. The number of carboxylic acids is 1. The van der Waals surface area contributed by atoms with E-state index in [2.05, 4.69) is 5.32 Å². The van der Waals surface area contributed by atoms with Crippen LogP contribution in [0, 0.1) is 5.92 Å². The Bertz CT molecular complexity index is 692. The molecule has 4 atom stereocenters. The summed E-state index contributed by atoms with van der Waals surface area (Å²) in [6.07, 6.45) is 4.29. The second-order valence-electron chi connectivity index (χ2n) is 7.60. The van der Waals surface area contributed by atoms with E-state index < -0.39 is 25.1 Å². The van der Waals surface area contributed by atoms with E-state index in [-0.39, 0.29) is 29.9 Å². The molecule has 3 aliphatic heterocycles. The van der Waals surface area contributed by atoms with E-state index >= 15 is 0 Å². The molecule has 1 amide bonds. The molecule has 2 saturated heterocycles. The molecular formula is C17H24BN3O6. The Morgan fingerprint density at radius 2 is 2.19 bits per heavy atom. The van der Waals surface area contributed by atoms with Crippen LogP contribution >= 0.6 is 0 Å². The van der Waals surface area contributed by atoms with Crippen molar-refractivity contribution in [3.05, 3.63) is 23.5 Å². The smallest absolute Gasteiger partial charge is 0.522 e. The molecule has 0 aromatic heterocycles. The lowest BCUT2D eigenvalue weighted by Crippen LogP contribution is -2.59. The second-order valence-corrected chi connectivity index (χ2v) is 7.60. The Labute approximate surface area is 157 Å². The van der Waals surface area contributed by atoms with Gasteiger partial charge in [0.2, 0.25) is 5.91 Å². The van der Waals surface area contributed by atoms with Gasteiger partial charge in [0.15, 0.2) is 0 Å². The topological polar surface area (TPSA) is 134 Å². The molecule has 0 bridgehead atoms. The number of carboxylic acid groups (broad SMARTS) is 1. The zero-order valence-corrected chi connectivity index (χ0v) is 14.9. The second kappa shape index (κ2) is 7.27. The first kappa shape index (κ1) is 18.5. The molecule has 2 fully saturated rings. The predicted molar refractivity (Wildman–Crippen MR) is 95.4 cm³/mol. The number of nitrogens with one attached hydrogen (secondary N) is 1. The standard InChI is InChI=1S/C17H24BN3O6/c19-10-5-12(20-6-10)16(22)21-7-11(8-21)26-13-2-1-9-3-4-18(25)27-15(9)14(13)17(23)24/h1-2,10-14,20,25H,3-8,19H2,(H,23,24)/t10-,12-,13?,14?/m0/s1. The molecule has 9 nitrogen and oxygen atoms in total. The Morgan fingerprint density at radius 3 is 2.85 bits per heavy atom. The molecule has 146 valence electrons. The summed E-state index contributed by atoms with van der Waals surface area (Å²) >= 11 is 0. The van der Waals surface area contributed by atoms with Crippen molar-refractivity contribution >= 4 is 19.0 Å². The number of carbonyl (C=O) groups excluding carboxylic acids is 1. The monoisotopic (exact) mass is 377 g/mol. The van der Waals surface area contributed by atoms with Crippen LogP contribution in [0.1, 0.15) is 12.8 Å². The molecule has 0 spiro atoms. The summed E-state index contributed by atoms with van der Waals surface area (Å²) in [5.41, 5.74) is 6.62. The minimum absolute atomic E-state index is 0.00397. The van der Waals surface area contributed by atoms with Crippen LogP contribution in [0.4, 0.5) is 0 Å². The summed E-state index contributed by atoms with van der Waals surface area (Å²) < 4.78 is 11.4. The third kappa shape index (κ3) is 3.62. The molecule has 1 aliphatic carbocycles. The molecule has 0 aromatic carbocycles. The van der Waals surface area contributed by atoms with Gasteiger partial charge in [0, 0.05) is 25.7 Å². The Balaban J connectivity index is 1.35. The molecule has 2 unspecified atom stereocenters. The molecule has 4 rings (SSSR count). The Hall–Kier alpha value is -1.88.